The summed E-state index contributed by atoms with van der Waals surface area (Å²) in [5.74, 6) is 2.51. The van der Waals surface area contributed by atoms with Gasteiger partial charge in [0.05, 0.1) is 0 Å². The van der Waals surface area contributed by atoms with Gasteiger partial charge in [-0.25, -0.2) is 0 Å². The van der Waals surface area contributed by atoms with Crippen molar-refractivity contribution in [3.8, 4) is 0 Å². The van der Waals surface area contributed by atoms with E-state index >= 15 is 0 Å². The normalized spacial score (nSPS) is 14.5. The average molecular weight is 380 g/mol. The SMILES string of the molecule is Cc1cc(CN2CCSCC2)ccc1NC(=O)CCCN.Cl.Cl. The van der Waals surface area contributed by atoms with Gasteiger partial charge in [0.1, 0.15) is 0 Å². The highest BCUT2D eigenvalue weighted by molar-refractivity contribution is 7.99. The summed E-state index contributed by atoms with van der Waals surface area (Å²) in [6.45, 7) is 5.94. The van der Waals surface area contributed by atoms with Crippen LogP contribution in [0.4, 0.5) is 5.69 Å². The predicted molar refractivity (Wildman–Crippen MR) is 105 cm³/mol. The number of nitrogens with two attached hydrogens (primary N) is 1. The molecule has 1 saturated heterocycles. The van der Waals surface area contributed by atoms with Gasteiger partial charge in [0.15, 0.2) is 0 Å². The summed E-state index contributed by atoms with van der Waals surface area (Å²) in [6, 6.07) is 6.32. The van der Waals surface area contributed by atoms with E-state index in [1.165, 1.54) is 30.2 Å². The molecule has 1 aliphatic heterocycles. The topological polar surface area (TPSA) is 58.4 Å². The minimum atomic E-state index is 0. The molecule has 1 amide bonds. The monoisotopic (exact) mass is 379 g/mol. The molecule has 23 heavy (non-hydrogen) atoms. The Morgan fingerprint density at radius 3 is 2.61 bits per heavy atom. The fourth-order valence-electron chi connectivity index (χ4n) is 2.46. The van der Waals surface area contributed by atoms with Gasteiger partial charge < -0.3 is 11.1 Å². The van der Waals surface area contributed by atoms with E-state index in [4.69, 9.17) is 5.73 Å². The highest BCUT2D eigenvalue weighted by Crippen LogP contribution is 2.19. The standard InChI is InChI=1S/C16H25N3OS.2ClH/c1-13-11-14(12-19-7-9-21-10-8-19)4-5-15(13)18-16(20)3-2-6-17;;/h4-5,11H,2-3,6-10,12,17H2,1H3,(H,18,20);2*1H. The van der Waals surface area contributed by atoms with Gasteiger partial charge in [-0.1, -0.05) is 12.1 Å². The minimum absolute atomic E-state index is 0. The lowest BCUT2D eigenvalue weighted by Crippen LogP contribution is -2.31. The number of halogens is 2. The summed E-state index contributed by atoms with van der Waals surface area (Å²) in [5.41, 5.74) is 8.78. The lowest BCUT2D eigenvalue weighted by molar-refractivity contribution is -0.116. The van der Waals surface area contributed by atoms with Gasteiger partial charge in [-0.15, -0.1) is 24.8 Å². The van der Waals surface area contributed by atoms with Crippen molar-refractivity contribution >= 4 is 48.2 Å². The quantitative estimate of drug-likeness (QED) is 0.797. The van der Waals surface area contributed by atoms with Gasteiger partial charge >= 0.3 is 0 Å². The Morgan fingerprint density at radius 2 is 2.00 bits per heavy atom. The first-order valence-electron chi connectivity index (χ1n) is 7.58. The smallest absolute Gasteiger partial charge is 0.224 e. The third-order valence-electron chi connectivity index (χ3n) is 3.68. The van der Waals surface area contributed by atoms with Crippen molar-refractivity contribution in [1.29, 1.82) is 0 Å². The number of nitrogens with zero attached hydrogens (tertiary/aromatic N) is 1. The first kappa shape index (κ1) is 22.5. The van der Waals surface area contributed by atoms with Crippen molar-refractivity contribution in [2.45, 2.75) is 26.3 Å². The molecule has 1 heterocycles. The van der Waals surface area contributed by atoms with Crippen LogP contribution < -0.4 is 11.1 Å². The van der Waals surface area contributed by atoms with Crippen molar-refractivity contribution in [1.82, 2.24) is 4.90 Å². The third-order valence-corrected chi connectivity index (χ3v) is 4.63. The molecule has 2 rings (SSSR count). The average Bonchev–Trinajstić information content (AvgIpc) is 2.49. The summed E-state index contributed by atoms with van der Waals surface area (Å²) in [7, 11) is 0. The molecule has 132 valence electrons. The van der Waals surface area contributed by atoms with E-state index in [9.17, 15) is 4.79 Å². The molecule has 1 fully saturated rings. The molecular weight excluding hydrogens is 353 g/mol. The summed E-state index contributed by atoms with van der Waals surface area (Å²) in [5, 5.41) is 2.96. The van der Waals surface area contributed by atoms with Crippen LogP contribution in [-0.2, 0) is 11.3 Å². The van der Waals surface area contributed by atoms with Crippen LogP contribution >= 0.6 is 36.6 Å². The van der Waals surface area contributed by atoms with E-state index in [0.29, 0.717) is 13.0 Å². The second-order valence-electron chi connectivity index (χ2n) is 5.48. The largest absolute Gasteiger partial charge is 0.330 e. The first-order valence-corrected chi connectivity index (χ1v) is 8.74. The van der Waals surface area contributed by atoms with Crippen LogP contribution in [0.1, 0.15) is 24.0 Å². The van der Waals surface area contributed by atoms with Crippen LogP contribution in [0.15, 0.2) is 18.2 Å². The van der Waals surface area contributed by atoms with Gasteiger partial charge in [0.25, 0.3) is 0 Å². The van der Waals surface area contributed by atoms with Crippen molar-refractivity contribution in [3.05, 3.63) is 29.3 Å². The van der Waals surface area contributed by atoms with Gasteiger partial charge in [-0.2, -0.15) is 11.8 Å². The number of carbonyl (C=O) groups excluding carboxylic acids is 1. The van der Waals surface area contributed by atoms with E-state index < -0.39 is 0 Å². The first-order chi connectivity index (χ1) is 10.2. The molecule has 0 bridgehead atoms. The van der Waals surface area contributed by atoms with Crippen LogP contribution in [0.2, 0.25) is 0 Å². The highest BCUT2D eigenvalue weighted by Gasteiger charge is 2.11. The van der Waals surface area contributed by atoms with E-state index in [-0.39, 0.29) is 30.7 Å². The zero-order chi connectivity index (χ0) is 15.1. The summed E-state index contributed by atoms with van der Waals surface area (Å²) in [6.07, 6.45) is 1.22. The number of rotatable bonds is 6. The number of nitrogens with one attached hydrogen (secondary N) is 1. The number of hydrogen-bond donors (Lipinski definition) is 2. The van der Waals surface area contributed by atoms with E-state index in [0.717, 1.165) is 24.2 Å². The maximum atomic E-state index is 11.7. The van der Waals surface area contributed by atoms with Gasteiger partial charge in [0, 0.05) is 43.2 Å². The molecule has 0 radical (unpaired) electrons. The molecule has 1 aromatic rings. The van der Waals surface area contributed by atoms with Crippen LogP contribution in [0.25, 0.3) is 0 Å². The molecule has 7 heteroatoms. The number of anilines is 1. The third kappa shape index (κ3) is 7.77. The summed E-state index contributed by atoms with van der Waals surface area (Å²) in [4.78, 5) is 14.2. The Bertz CT molecular complexity index is 482. The Labute approximate surface area is 155 Å². The van der Waals surface area contributed by atoms with Crippen LogP contribution in [0.3, 0.4) is 0 Å². The van der Waals surface area contributed by atoms with Gasteiger partial charge in [-0.3, -0.25) is 9.69 Å². The number of amides is 1. The fourth-order valence-corrected chi connectivity index (χ4v) is 3.44. The molecule has 0 aromatic heterocycles. The van der Waals surface area contributed by atoms with Crippen LogP contribution in [-0.4, -0.2) is 41.9 Å². The summed E-state index contributed by atoms with van der Waals surface area (Å²) < 4.78 is 0. The van der Waals surface area contributed by atoms with Crippen molar-refractivity contribution < 1.29 is 4.79 Å². The Hall–Kier alpha value is -0.460. The molecule has 0 atom stereocenters. The Morgan fingerprint density at radius 1 is 1.30 bits per heavy atom. The summed E-state index contributed by atoms with van der Waals surface area (Å²) >= 11 is 2.03. The second-order valence-corrected chi connectivity index (χ2v) is 6.70. The maximum Gasteiger partial charge on any atom is 0.224 e. The zero-order valence-electron chi connectivity index (χ0n) is 13.5. The molecule has 0 unspecified atom stereocenters. The van der Waals surface area contributed by atoms with Gasteiger partial charge in [-0.05, 0) is 37.1 Å². The number of carbonyl (C=O) groups is 1. The van der Waals surface area contributed by atoms with Crippen molar-refractivity contribution in [2.75, 3.05) is 36.5 Å². The molecule has 0 saturated carbocycles. The Balaban J connectivity index is 0.00000242. The van der Waals surface area contributed by atoms with Crippen molar-refractivity contribution in [2.24, 2.45) is 5.73 Å². The molecule has 0 aliphatic carbocycles. The molecule has 1 aromatic carbocycles. The van der Waals surface area contributed by atoms with Crippen molar-refractivity contribution in [3.63, 3.8) is 0 Å². The molecular formula is C16H27Cl2N3OS. The number of thioether (sulfide) groups is 1. The van der Waals surface area contributed by atoms with E-state index in [1.807, 2.05) is 24.8 Å². The van der Waals surface area contributed by atoms with E-state index in [2.05, 4.69) is 22.3 Å². The lowest BCUT2D eigenvalue weighted by Gasteiger charge is -2.26. The number of hydrogen-bond acceptors (Lipinski definition) is 4. The van der Waals surface area contributed by atoms with Crippen LogP contribution in [0, 0.1) is 6.92 Å². The second kappa shape index (κ2) is 12.0. The molecule has 1 aliphatic rings. The lowest BCUT2D eigenvalue weighted by atomic mass is 10.1. The predicted octanol–water partition coefficient (Wildman–Crippen LogP) is 3.06. The van der Waals surface area contributed by atoms with Crippen LogP contribution in [0.5, 0.6) is 0 Å². The Kier molecular flexibility index (Phi) is 11.7. The fraction of sp³-hybridized carbons (Fsp3) is 0.562. The maximum absolute atomic E-state index is 11.7. The zero-order valence-corrected chi connectivity index (χ0v) is 16.0. The van der Waals surface area contributed by atoms with E-state index in [1.54, 1.807) is 0 Å². The minimum Gasteiger partial charge on any atom is -0.330 e. The number of aryl methyl sites for hydroxylation is 1. The van der Waals surface area contributed by atoms with Gasteiger partial charge in [0.2, 0.25) is 5.91 Å². The molecule has 0 spiro atoms. The molecule has 3 N–H and O–H groups in total. The number of benzene rings is 1. The highest BCUT2D eigenvalue weighted by atomic mass is 35.5. The molecule has 4 nitrogen and oxygen atoms in total.